The van der Waals surface area contributed by atoms with Crippen molar-refractivity contribution in [2.24, 2.45) is 0 Å². The number of likely N-dealkylation sites (tertiary alicyclic amines) is 1. The van der Waals surface area contributed by atoms with Gasteiger partial charge < -0.3 is 19.7 Å². The molecule has 2 rings (SSSR count). The van der Waals surface area contributed by atoms with Crippen molar-refractivity contribution in [3.63, 3.8) is 0 Å². The van der Waals surface area contributed by atoms with Gasteiger partial charge in [-0.15, -0.1) is 0 Å². The summed E-state index contributed by atoms with van der Waals surface area (Å²) in [5, 5.41) is 2.61. The van der Waals surface area contributed by atoms with Crippen molar-refractivity contribution in [3.8, 4) is 0 Å². The second-order valence-corrected chi connectivity index (χ2v) is 7.31. The fraction of sp³-hybridized carbons (Fsp3) is 0.579. The number of amides is 2. The summed E-state index contributed by atoms with van der Waals surface area (Å²) in [4.78, 5) is 25.9. The van der Waals surface area contributed by atoms with Gasteiger partial charge in [0.05, 0.1) is 18.2 Å². The van der Waals surface area contributed by atoms with Crippen LogP contribution in [0, 0.1) is 0 Å². The lowest BCUT2D eigenvalue weighted by atomic mass is 10.1. The maximum Gasteiger partial charge on any atom is 0.410 e. The minimum atomic E-state index is -0.405. The minimum Gasteiger partial charge on any atom is -0.445 e. The number of hydrogen-bond donors (Lipinski definition) is 1. The number of nitrogens with one attached hydrogen (secondary N) is 1. The summed E-state index contributed by atoms with van der Waals surface area (Å²) < 4.78 is 11.4. The van der Waals surface area contributed by atoms with Gasteiger partial charge in [-0.1, -0.05) is 30.3 Å². The van der Waals surface area contributed by atoms with Crippen LogP contribution < -0.4 is 5.32 Å². The topological polar surface area (TPSA) is 67.9 Å². The van der Waals surface area contributed by atoms with Gasteiger partial charge in [0.15, 0.2) is 0 Å². The first-order valence-corrected chi connectivity index (χ1v) is 8.64. The SMILES string of the molecule is CNC(=O)C[C@@H]1C[C@@H](OC(C)(C)C)CN1C(=O)OCc1ccccc1. The average Bonchev–Trinajstić information content (AvgIpc) is 2.93. The Kier molecular flexibility index (Phi) is 6.42. The van der Waals surface area contributed by atoms with Crippen LogP contribution in [0.3, 0.4) is 0 Å². The molecular weight excluding hydrogens is 320 g/mol. The molecule has 0 bridgehead atoms. The van der Waals surface area contributed by atoms with E-state index in [0.29, 0.717) is 13.0 Å². The van der Waals surface area contributed by atoms with Gasteiger partial charge in [0, 0.05) is 19.5 Å². The van der Waals surface area contributed by atoms with E-state index in [2.05, 4.69) is 5.32 Å². The van der Waals surface area contributed by atoms with Crippen molar-refractivity contribution in [1.82, 2.24) is 10.2 Å². The molecule has 1 aromatic carbocycles. The van der Waals surface area contributed by atoms with Crippen LogP contribution in [-0.2, 0) is 20.9 Å². The van der Waals surface area contributed by atoms with E-state index in [1.807, 2.05) is 51.1 Å². The third-order valence-electron chi connectivity index (χ3n) is 4.04. The van der Waals surface area contributed by atoms with E-state index >= 15 is 0 Å². The van der Waals surface area contributed by atoms with Crippen LogP contribution >= 0.6 is 0 Å². The number of hydrogen-bond acceptors (Lipinski definition) is 4. The largest absolute Gasteiger partial charge is 0.445 e. The molecular formula is C19H28N2O4. The Morgan fingerprint density at radius 1 is 1.24 bits per heavy atom. The third-order valence-corrected chi connectivity index (χ3v) is 4.04. The summed E-state index contributed by atoms with van der Waals surface area (Å²) in [6.07, 6.45) is 0.378. The smallest absolute Gasteiger partial charge is 0.410 e. The molecule has 0 spiro atoms. The lowest BCUT2D eigenvalue weighted by Gasteiger charge is -2.25. The number of ether oxygens (including phenoxy) is 2. The van der Waals surface area contributed by atoms with E-state index in [-0.39, 0.29) is 36.7 Å². The Bertz CT molecular complexity index is 583. The summed E-state index contributed by atoms with van der Waals surface area (Å²) in [7, 11) is 1.60. The Balaban J connectivity index is 1.99. The van der Waals surface area contributed by atoms with Crippen LogP contribution in [0.1, 0.15) is 39.2 Å². The minimum absolute atomic E-state index is 0.0951. The van der Waals surface area contributed by atoms with Gasteiger partial charge in [-0.25, -0.2) is 4.79 Å². The lowest BCUT2D eigenvalue weighted by molar-refractivity contribution is -0.121. The molecule has 0 saturated carbocycles. The van der Waals surface area contributed by atoms with E-state index < -0.39 is 6.09 Å². The zero-order valence-electron chi connectivity index (χ0n) is 15.5. The lowest BCUT2D eigenvalue weighted by Crippen LogP contribution is -2.39. The molecule has 0 unspecified atom stereocenters. The van der Waals surface area contributed by atoms with E-state index in [1.54, 1.807) is 11.9 Å². The van der Waals surface area contributed by atoms with E-state index in [4.69, 9.17) is 9.47 Å². The molecule has 1 saturated heterocycles. The van der Waals surface area contributed by atoms with E-state index in [9.17, 15) is 9.59 Å². The fourth-order valence-corrected chi connectivity index (χ4v) is 2.99. The molecule has 1 aliphatic rings. The molecule has 1 fully saturated rings. The first-order chi connectivity index (χ1) is 11.8. The molecule has 138 valence electrons. The number of carbonyl (C=O) groups excluding carboxylic acids is 2. The molecule has 0 radical (unpaired) electrons. The van der Waals surface area contributed by atoms with Gasteiger partial charge >= 0.3 is 6.09 Å². The van der Waals surface area contributed by atoms with Crippen LogP contribution in [0.4, 0.5) is 4.79 Å². The molecule has 1 N–H and O–H groups in total. The summed E-state index contributed by atoms with van der Waals surface area (Å²) >= 11 is 0. The predicted molar refractivity (Wildman–Crippen MR) is 95.0 cm³/mol. The van der Waals surface area contributed by atoms with Crippen LogP contribution in [0.2, 0.25) is 0 Å². The van der Waals surface area contributed by atoms with Crippen molar-refractivity contribution < 1.29 is 19.1 Å². The first kappa shape index (κ1) is 19.2. The van der Waals surface area contributed by atoms with Crippen LogP contribution in [0.5, 0.6) is 0 Å². The van der Waals surface area contributed by atoms with Crippen LogP contribution in [0.25, 0.3) is 0 Å². The Labute approximate surface area is 149 Å². The summed E-state index contributed by atoms with van der Waals surface area (Å²) in [5.74, 6) is -0.0951. The molecule has 25 heavy (non-hydrogen) atoms. The number of carbonyl (C=O) groups is 2. The molecule has 1 heterocycles. The third kappa shape index (κ3) is 6.05. The van der Waals surface area contributed by atoms with Crippen molar-refractivity contribution in [2.45, 2.75) is 58.0 Å². The van der Waals surface area contributed by atoms with Crippen molar-refractivity contribution in [1.29, 1.82) is 0 Å². The average molecular weight is 348 g/mol. The summed E-state index contributed by atoms with van der Waals surface area (Å²) in [5.41, 5.74) is 0.631. The normalized spacial score (nSPS) is 20.4. The maximum absolute atomic E-state index is 12.5. The van der Waals surface area contributed by atoms with E-state index in [0.717, 1.165) is 5.56 Å². The van der Waals surface area contributed by atoms with E-state index in [1.165, 1.54) is 0 Å². The highest BCUT2D eigenvalue weighted by molar-refractivity contribution is 5.77. The van der Waals surface area contributed by atoms with Gasteiger partial charge in [0.1, 0.15) is 6.61 Å². The Hall–Kier alpha value is -2.08. The van der Waals surface area contributed by atoms with Gasteiger partial charge in [0.25, 0.3) is 0 Å². The number of benzene rings is 1. The van der Waals surface area contributed by atoms with Gasteiger partial charge in [0.2, 0.25) is 5.91 Å². The van der Waals surface area contributed by atoms with Gasteiger partial charge in [-0.2, -0.15) is 0 Å². The first-order valence-electron chi connectivity index (χ1n) is 8.64. The molecule has 0 aromatic heterocycles. The standard InChI is InChI=1S/C19H28N2O4/c1-19(2,3)25-16-10-15(11-17(22)20-4)21(12-16)18(23)24-13-14-8-6-5-7-9-14/h5-9,15-16H,10-13H2,1-4H3,(H,20,22)/t15-,16+/m0/s1. The monoisotopic (exact) mass is 348 g/mol. The zero-order valence-corrected chi connectivity index (χ0v) is 15.5. The highest BCUT2D eigenvalue weighted by Gasteiger charge is 2.39. The van der Waals surface area contributed by atoms with Gasteiger partial charge in [-0.05, 0) is 32.8 Å². The Morgan fingerprint density at radius 3 is 2.52 bits per heavy atom. The van der Waals surface area contributed by atoms with Crippen LogP contribution in [-0.4, -0.2) is 48.2 Å². The van der Waals surface area contributed by atoms with Crippen LogP contribution in [0.15, 0.2) is 30.3 Å². The quantitative estimate of drug-likeness (QED) is 0.888. The van der Waals surface area contributed by atoms with Crippen molar-refractivity contribution in [2.75, 3.05) is 13.6 Å². The highest BCUT2D eigenvalue weighted by Crippen LogP contribution is 2.27. The highest BCUT2D eigenvalue weighted by atomic mass is 16.6. The second kappa shape index (κ2) is 8.34. The zero-order chi connectivity index (χ0) is 18.4. The molecule has 1 aromatic rings. The molecule has 6 heteroatoms. The molecule has 6 nitrogen and oxygen atoms in total. The molecule has 2 amide bonds. The molecule has 1 aliphatic heterocycles. The second-order valence-electron chi connectivity index (χ2n) is 7.31. The maximum atomic E-state index is 12.5. The fourth-order valence-electron chi connectivity index (χ4n) is 2.99. The molecule has 0 aliphatic carbocycles. The van der Waals surface area contributed by atoms with Crippen molar-refractivity contribution >= 4 is 12.0 Å². The number of rotatable bonds is 5. The van der Waals surface area contributed by atoms with Crippen molar-refractivity contribution in [3.05, 3.63) is 35.9 Å². The predicted octanol–water partition coefficient (Wildman–Crippen LogP) is 2.72. The summed E-state index contributed by atoms with van der Waals surface area (Å²) in [6, 6.07) is 9.33. The summed E-state index contributed by atoms with van der Waals surface area (Å²) in [6.45, 7) is 6.60. The molecule has 2 atom stereocenters. The Morgan fingerprint density at radius 2 is 1.92 bits per heavy atom. The van der Waals surface area contributed by atoms with Gasteiger partial charge in [-0.3, -0.25) is 4.79 Å². The number of nitrogens with zero attached hydrogens (tertiary/aromatic N) is 1.